The smallest absolute Gasteiger partial charge is 0.238 e. The molecule has 2 aromatic rings. The zero-order valence-corrected chi connectivity index (χ0v) is 24.3. The summed E-state index contributed by atoms with van der Waals surface area (Å²) in [5.41, 5.74) is -2.99. The number of likely N-dealkylation sites (N-methyl/N-ethyl adjacent to an activating group) is 1. The number of carbonyl (C=O) groups excluding carboxylic acids is 1. The molecule has 4 rings (SSSR count). The molecule has 16 heteroatoms. The minimum Gasteiger partial charge on any atom is -0.394 e. The summed E-state index contributed by atoms with van der Waals surface area (Å²) < 4.78 is 53.2. The Morgan fingerprint density at radius 3 is 2.43 bits per heavy atom. The number of aromatic nitrogens is 3. The van der Waals surface area contributed by atoms with Crippen LogP contribution in [0.4, 0.5) is 13.2 Å². The van der Waals surface area contributed by atoms with E-state index in [4.69, 9.17) is 9.47 Å². The molecular formula is C26H36F3N5O7S. The van der Waals surface area contributed by atoms with Gasteiger partial charge in [0, 0.05) is 38.8 Å². The highest BCUT2D eigenvalue weighted by Crippen LogP contribution is 2.39. The molecule has 0 aliphatic carbocycles. The second-order valence-electron chi connectivity index (χ2n) is 10.9. The van der Waals surface area contributed by atoms with Crippen LogP contribution in [0.15, 0.2) is 18.3 Å². The number of carbonyl (C=O) groups is 1. The number of halogens is 3. The van der Waals surface area contributed by atoms with Crippen molar-refractivity contribution >= 4 is 17.7 Å². The van der Waals surface area contributed by atoms with Crippen LogP contribution < -0.4 is 0 Å². The predicted octanol–water partition coefficient (Wildman–Crippen LogP) is 0.00580. The van der Waals surface area contributed by atoms with Crippen LogP contribution in [-0.2, 0) is 14.3 Å². The van der Waals surface area contributed by atoms with Crippen molar-refractivity contribution < 1.29 is 47.9 Å². The Morgan fingerprint density at radius 2 is 1.83 bits per heavy atom. The average molecular weight is 620 g/mol. The van der Waals surface area contributed by atoms with Crippen molar-refractivity contribution in [2.24, 2.45) is 0 Å². The van der Waals surface area contributed by atoms with Crippen LogP contribution in [0, 0.1) is 17.5 Å². The maximum atomic E-state index is 13.8. The minimum atomic E-state index is -1.64. The summed E-state index contributed by atoms with van der Waals surface area (Å²) in [6.07, 6.45) is -3.07. The van der Waals surface area contributed by atoms with Gasteiger partial charge in [-0.05, 0) is 26.0 Å². The number of nitrogens with zero attached hydrogens (tertiary/aromatic N) is 5. The van der Waals surface area contributed by atoms with E-state index in [0.29, 0.717) is 26.3 Å². The van der Waals surface area contributed by atoms with Gasteiger partial charge in [0.25, 0.3) is 0 Å². The third-order valence-corrected chi connectivity index (χ3v) is 9.02. The number of thioether (sulfide) groups is 1. The van der Waals surface area contributed by atoms with Gasteiger partial charge in [-0.15, -0.1) is 16.9 Å². The van der Waals surface area contributed by atoms with Crippen molar-refractivity contribution in [3.05, 3.63) is 35.8 Å². The summed E-state index contributed by atoms with van der Waals surface area (Å²) in [6, 6.07) is 0.184. The summed E-state index contributed by atoms with van der Waals surface area (Å²) in [4.78, 5) is 17.1. The van der Waals surface area contributed by atoms with Crippen molar-refractivity contribution in [3.63, 3.8) is 0 Å². The first-order valence-corrected chi connectivity index (χ1v) is 14.4. The van der Waals surface area contributed by atoms with Gasteiger partial charge in [-0.25, -0.2) is 17.9 Å². The van der Waals surface area contributed by atoms with E-state index < -0.39 is 70.6 Å². The number of morpholine rings is 1. The van der Waals surface area contributed by atoms with Gasteiger partial charge in [-0.1, -0.05) is 5.21 Å². The minimum absolute atomic E-state index is 0.0742. The number of hydrogen-bond acceptors (Lipinski definition) is 11. The topological polar surface area (TPSA) is 154 Å². The van der Waals surface area contributed by atoms with Gasteiger partial charge in [0.05, 0.1) is 31.6 Å². The summed E-state index contributed by atoms with van der Waals surface area (Å²) in [5.74, 6) is -4.92. The van der Waals surface area contributed by atoms with E-state index in [0.717, 1.165) is 41.7 Å². The largest absolute Gasteiger partial charge is 0.394 e. The Bertz CT molecular complexity index is 1210. The molecule has 2 fully saturated rings. The predicted molar refractivity (Wildman–Crippen MR) is 145 cm³/mol. The first kappa shape index (κ1) is 32.6. The molecule has 0 saturated carbocycles. The van der Waals surface area contributed by atoms with Crippen LogP contribution in [0.1, 0.15) is 19.9 Å². The molecule has 42 heavy (non-hydrogen) atoms. The molecule has 1 aromatic carbocycles. The fourth-order valence-electron chi connectivity index (χ4n) is 4.84. The second kappa shape index (κ2) is 13.5. The van der Waals surface area contributed by atoms with Crippen LogP contribution in [-0.4, -0.2) is 139 Å². The lowest BCUT2D eigenvalue weighted by Crippen LogP contribution is -2.57. The van der Waals surface area contributed by atoms with E-state index in [1.54, 1.807) is 7.05 Å². The van der Waals surface area contributed by atoms with Crippen LogP contribution in [0.25, 0.3) is 11.3 Å². The van der Waals surface area contributed by atoms with Gasteiger partial charge < -0.3 is 34.8 Å². The molecule has 12 nitrogen and oxygen atoms in total. The molecule has 1 aromatic heterocycles. The third kappa shape index (κ3) is 7.24. The number of benzene rings is 1. The number of hydrogen-bond donors (Lipinski definition) is 4. The Kier molecular flexibility index (Phi) is 10.5. The van der Waals surface area contributed by atoms with E-state index >= 15 is 0 Å². The fourth-order valence-corrected chi connectivity index (χ4v) is 6.26. The Balaban J connectivity index is 1.54. The SMILES string of the molecule is CN(CCN1CCOCC1)C(=O)[C@@H](S[C@@H]1O[C@H](CO)[C@H](O)[C@H](n2cc(-c3cc(F)c(F)c(F)c3)nn2)[C@H]1O)C(C)(C)O. The summed E-state index contributed by atoms with van der Waals surface area (Å²) in [6.45, 7) is 5.95. The molecule has 0 spiro atoms. The van der Waals surface area contributed by atoms with E-state index in [1.807, 2.05) is 0 Å². The zero-order chi connectivity index (χ0) is 30.8. The summed E-state index contributed by atoms with van der Waals surface area (Å²) >= 11 is 0.835. The monoisotopic (exact) mass is 619 g/mol. The second-order valence-corrected chi connectivity index (χ2v) is 12.1. The molecule has 1 amide bonds. The molecule has 2 aliphatic rings. The molecular weight excluding hydrogens is 583 g/mol. The lowest BCUT2D eigenvalue weighted by Gasteiger charge is -2.44. The lowest BCUT2D eigenvalue weighted by atomic mass is 9.97. The Labute approximate surface area is 245 Å². The van der Waals surface area contributed by atoms with E-state index in [1.165, 1.54) is 24.9 Å². The summed E-state index contributed by atoms with van der Waals surface area (Å²) in [5, 5.41) is 49.7. The molecule has 234 valence electrons. The van der Waals surface area contributed by atoms with E-state index in [9.17, 15) is 38.4 Å². The lowest BCUT2D eigenvalue weighted by molar-refractivity contribution is -0.179. The van der Waals surface area contributed by atoms with Crippen LogP contribution in [0.3, 0.4) is 0 Å². The molecule has 2 saturated heterocycles. The molecule has 4 N–H and O–H groups in total. The molecule has 2 aliphatic heterocycles. The maximum absolute atomic E-state index is 13.8. The number of amides is 1. The van der Waals surface area contributed by atoms with Crippen molar-refractivity contribution in [2.75, 3.05) is 53.0 Å². The van der Waals surface area contributed by atoms with Crippen LogP contribution in [0.5, 0.6) is 0 Å². The van der Waals surface area contributed by atoms with Gasteiger partial charge >= 0.3 is 0 Å². The molecule has 0 radical (unpaired) electrons. The molecule has 3 heterocycles. The van der Waals surface area contributed by atoms with E-state index in [-0.39, 0.29) is 11.3 Å². The highest BCUT2D eigenvalue weighted by atomic mass is 32.2. The summed E-state index contributed by atoms with van der Waals surface area (Å²) in [7, 11) is 1.61. The van der Waals surface area contributed by atoms with Gasteiger partial charge in [-0.3, -0.25) is 9.69 Å². The maximum Gasteiger partial charge on any atom is 0.238 e. The highest BCUT2D eigenvalue weighted by Gasteiger charge is 2.49. The quantitative estimate of drug-likeness (QED) is 0.266. The van der Waals surface area contributed by atoms with Crippen molar-refractivity contribution in [3.8, 4) is 11.3 Å². The number of ether oxygens (including phenoxy) is 2. The van der Waals surface area contributed by atoms with Crippen molar-refractivity contribution in [1.29, 1.82) is 0 Å². The van der Waals surface area contributed by atoms with Gasteiger partial charge in [0.2, 0.25) is 5.91 Å². The first-order valence-electron chi connectivity index (χ1n) is 13.4. The molecule has 0 unspecified atom stereocenters. The first-order chi connectivity index (χ1) is 19.8. The standard InChI is InChI=1S/C26H36F3N5O7S/c1-26(2,39)23(24(38)32(3)4-5-33-6-8-40-9-7-33)42-25-22(37)20(21(36)18(13-35)41-25)34-12-17(30-31-34)14-10-15(27)19(29)16(28)11-14/h10-12,18,20-23,25,35-37,39H,4-9,13H2,1-3H3/t18-,20+,21+,22-,23-,25+/m1/s1. The number of aliphatic hydroxyl groups excluding tert-OH is 3. The average Bonchev–Trinajstić information content (AvgIpc) is 3.43. The number of rotatable bonds is 10. The van der Waals surface area contributed by atoms with Crippen molar-refractivity contribution in [1.82, 2.24) is 24.8 Å². The van der Waals surface area contributed by atoms with Gasteiger partial charge in [0.1, 0.15) is 40.7 Å². The van der Waals surface area contributed by atoms with Gasteiger partial charge in [-0.2, -0.15) is 0 Å². The fraction of sp³-hybridized carbons (Fsp3) is 0.654. The zero-order valence-electron chi connectivity index (χ0n) is 23.4. The molecule has 0 bridgehead atoms. The van der Waals surface area contributed by atoms with Crippen LogP contribution >= 0.6 is 11.8 Å². The Hall–Kier alpha value is -2.31. The molecule has 6 atom stereocenters. The third-order valence-electron chi connectivity index (χ3n) is 7.31. The Morgan fingerprint density at radius 1 is 1.19 bits per heavy atom. The highest BCUT2D eigenvalue weighted by molar-refractivity contribution is 8.01. The van der Waals surface area contributed by atoms with Gasteiger partial charge in [0.15, 0.2) is 17.5 Å². The van der Waals surface area contributed by atoms with Crippen molar-refractivity contribution in [2.45, 2.75) is 54.5 Å². The van der Waals surface area contributed by atoms with Crippen LogP contribution in [0.2, 0.25) is 0 Å². The normalized spacial score (nSPS) is 26.3. The number of aliphatic hydroxyl groups is 4. The van der Waals surface area contributed by atoms with E-state index in [2.05, 4.69) is 15.2 Å².